The van der Waals surface area contributed by atoms with Crippen molar-refractivity contribution >= 4 is 23.4 Å². The molecule has 2 rings (SSSR count). The van der Waals surface area contributed by atoms with Crippen molar-refractivity contribution in [2.45, 2.75) is 78.5 Å². The Bertz CT molecular complexity index is 662. The number of benzene rings is 1. The molecule has 2 aromatic rings. The first-order chi connectivity index (χ1) is 11.8. The Kier molecular flexibility index (Phi) is 10.6. The van der Waals surface area contributed by atoms with E-state index in [4.69, 9.17) is 10.1 Å². The number of para-hydroxylation sites is 2. The first-order valence-corrected chi connectivity index (χ1v) is 9.60. The van der Waals surface area contributed by atoms with Crippen LogP contribution in [0.2, 0.25) is 0 Å². The van der Waals surface area contributed by atoms with E-state index in [1.54, 1.807) is 0 Å². The Morgan fingerprint density at radius 3 is 2.12 bits per heavy atom. The van der Waals surface area contributed by atoms with Crippen LogP contribution in [-0.4, -0.2) is 15.7 Å². The summed E-state index contributed by atoms with van der Waals surface area (Å²) in [5.41, 5.74) is 2.79. The topological polar surface area (TPSA) is 42.9 Å². The molecule has 0 bridgehead atoms. The summed E-state index contributed by atoms with van der Waals surface area (Å²) in [5, 5.41) is 8.49. The van der Waals surface area contributed by atoms with Gasteiger partial charge in [0.15, 0.2) is 0 Å². The molecule has 0 aliphatic rings. The van der Waals surface area contributed by atoms with Crippen LogP contribution in [0.4, 0.5) is 0 Å². The highest BCUT2D eigenvalue weighted by Crippen LogP contribution is 2.14. The number of hydrogen-bond donors (Lipinski definition) is 1. The second kappa shape index (κ2) is 12.2. The first kappa shape index (κ1) is 21.8. The molecule has 0 fully saturated rings. The maximum atomic E-state index is 8.49. The second-order valence-electron chi connectivity index (χ2n) is 6.55. The molecule has 0 aliphatic carbocycles. The molecule has 1 N–H and O–H groups in total. The van der Waals surface area contributed by atoms with Crippen molar-refractivity contribution in [2.24, 2.45) is 0 Å². The summed E-state index contributed by atoms with van der Waals surface area (Å²) in [6, 6.07) is 8.28. The number of rotatable bonds is 12. The molecule has 142 valence electrons. The molecule has 1 aromatic heterocycles. The third-order valence-corrected chi connectivity index (χ3v) is 4.57. The number of nitrogens with zero attached hydrogens (tertiary/aromatic N) is 2. The number of hydrogen-bond acceptors (Lipinski definition) is 2. The molecule has 1 heterocycles. The molecule has 4 nitrogen and oxygen atoms in total. The van der Waals surface area contributed by atoms with Gasteiger partial charge in [-0.3, -0.25) is 9.98 Å². The van der Waals surface area contributed by atoms with Gasteiger partial charge >= 0.3 is 0 Å². The predicted octanol–water partition coefficient (Wildman–Crippen LogP) is 5.48. The molecular weight excluding hydrogens is 334 g/mol. The van der Waals surface area contributed by atoms with Gasteiger partial charge in [-0.25, -0.2) is 0 Å². The van der Waals surface area contributed by atoms with Gasteiger partial charge in [0.1, 0.15) is 6.73 Å². The molecule has 5 heteroatoms. The third kappa shape index (κ3) is 6.19. The Morgan fingerprint density at radius 2 is 1.44 bits per heavy atom. The Balaban J connectivity index is 0.00000312. The Hall–Kier alpha value is -1.26. The lowest BCUT2D eigenvalue weighted by molar-refractivity contribution is 0.0729. The second-order valence-corrected chi connectivity index (χ2v) is 6.55. The molecule has 0 amide bonds. The maximum absolute atomic E-state index is 8.49. The van der Waals surface area contributed by atoms with Crippen LogP contribution in [0.5, 0.6) is 0 Å². The van der Waals surface area contributed by atoms with Crippen molar-refractivity contribution in [1.82, 2.24) is 9.13 Å². The van der Waals surface area contributed by atoms with Crippen molar-refractivity contribution < 1.29 is 4.74 Å². The summed E-state index contributed by atoms with van der Waals surface area (Å²) in [5.74, 6) is 0. The molecule has 0 atom stereocenters. The lowest BCUT2D eigenvalue weighted by Crippen LogP contribution is -2.25. The van der Waals surface area contributed by atoms with Gasteiger partial charge in [-0.1, -0.05) is 64.5 Å². The lowest BCUT2D eigenvalue weighted by atomic mass is 10.1. The zero-order chi connectivity index (χ0) is 17.2. The standard InChI is InChI=1S/C20H33N3O.ClH/c1-3-5-7-8-9-12-16-24-17-23-19-14-11-10-13-18(19)22(20(23)21)15-6-4-2;/h10-11,13-14,21H,3-9,12,15-17H2,1-2H3;1H. The molecule has 0 radical (unpaired) electrons. The number of imidazole rings is 1. The average Bonchev–Trinajstić information content (AvgIpc) is 2.87. The fourth-order valence-electron chi connectivity index (χ4n) is 3.11. The number of unbranched alkanes of at least 4 members (excludes halogenated alkanes) is 6. The van der Waals surface area contributed by atoms with Gasteiger partial charge in [0.2, 0.25) is 5.62 Å². The fourth-order valence-corrected chi connectivity index (χ4v) is 3.11. The van der Waals surface area contributed by atoms with E-state index in [1.807, 2.05) is 16.7 Å². The number of ether oxygens (including phenoxy) is 1. The minimum Gasteiger partial charge on any atom is -0.361 e. The van der Waals surface area contributed by atoms with E-state index >= 15 is 0 Å². The van der Waals surface area contributed by atoms with Crippen LogP contribution < -0.4 is 5.62 Å². The zero-order valence-electron chi connectivity index (χ0n) is 15.8. The summed E-state index contributed by atoms with van der Waals surface area (Å²) >= 11 is 0. The molecule has 0 saturated heterocycles. The Labute approximate surface area is 158 Å². The number of aromatic nitrogens is 2. The molecule has 25 heavy (non-hydrogen) atoms. The van der Waals surface area contributed by atoms with E-state index in [9.17, 15) is 0 Å². The minimum atomic E-state index is 0. The van der Waals surface area contributed by atoms with Crippen LogP contribution in [-0.2, 0) is 18.0 Å². The number of fused-ring (bicyclic) bond motifs is 1. The summed E-state index contributed by atoms with van der Waals surface area (Å²) in [7, 11) is 0. The predicted molar refractivity (Wildman–Crippen MR) is 107 cm³/mol. The van der Waals surface area contributed by atoms with Gasteiger partial charge < -0.3 is 9.30 Å². The van der Waals surface area contributed by atoms with Crippen LogP contribution in [0.1, 0.15) is 65.2 Å². The molecule has 0 unspecified atom stereocenters. The van der Waals surface area contributed by atoms with Crippen molar-refractivity contribution in [2.75, 3.05) is 6.61 Å². The largest absolute Gasteiger partial charge is 0.361 e. The smallest absolute Gasteiger partial charge is 0.204 e. The minimum absolute atomic E-state index is 0. The van der Waals surface area contributed by atoms with Crippen molar-refractivity contribution in [3.63, 3.8) is 0 Å². The molecule has 0 aliphatic heterocycles. The van der Waals surface area contributed by atoms with E-state index in [1.165, 1.54) is 32.1 Å². The highest BCUT2D eigenvalue weighted by molar-refractivity contribution is 5.85. The average molecular weight is 368 g/mol. The Morgan fingerprint density at radius 1 is 0.840 bits per heavy atom. The highest BCUT2D eigenvalue weighted by atomic mass is 35.5. The number of aryl methyl sites for hydroxylation is 1. The first-order valence-electron chi connectivity index (χ1n) is 9.60. The van der Waals surface area contributed by atoms with Crippen molar-refractivity contribution in [3.8, 4) is 0 Å². The van der Waals surface area contributed by atoms with Crippen LogP contribution >= 0.6 is 12.4 Å². The summed E-state index contributed by atoms with van der Waals surface area (Å²) < 4.78 is 9.95. The van der Waals surface area contributed by atoms with Gasteiger partial charge in [-0.15, -0.1) is 12.4 Å². The number of halogens is 1. The van der Waals surface area contributed by atoms with E-state index in [2.05, 4.69) is 30.5 Å². The van der Waals surface area contributed by atoms with E-state index in [-0.39, 0.29) is 12.4 Å². The van der Waals surface area contributed by atoms with Crippen LogP contribution in [0.25, 0.3) is 11.0 Å². The van der Waals surface area contributed by atoms with E-state index in [0.29, 0.717) is 12.3 Å². The summed E-state index contributed by atoms with van der Waals surface area (Å²) in [4.78, 5) is 0. The SMILES string of the molecule is CCCCCCCCOCn1c(=N)n(CCCC)c2ccccc21.Cl. The van der Waals surface area contributed by atoms with Crippen LogP contribution in [0, 0.1) is 5.41 Å². The van der Waals surface area contributed by atoms with E-state index < -0.39 is 0 Å². The van der Waals surface area contributed by atoms with Gasteiger partial charge in [0, 0.05) is 13.2 Å². The number of nitrogens with one attached hydrogen (secondary N) is 1. The normalized spacial score (nSPS) is 11.0. The molecular formula is C20H34ClN3O. The summed E-state index contributed by atoms with van der Waals surface area (Å²) in [6.45, 7) is 6.60. The lowest BCUT2D eigenvalue weighted by Gasteiger charge is -2.07. The van der Waals surface area contributed by atoms with Crippen molar-refractivity contribution in [1.29, 1.82) is 5.41 Å². The molecule has 1 aromatic carbocycles. The zero-order valence-corrected chi connectivity index (χ0v) is 16.6. The third-order valence-electron chi connectivity index (χ3n) is 4.57. The van der Waals surface area contributed by atoms with Gasteiger partial charge in [-0.2, -0.15) is 0 Å². The quantitative estimate of drug-likeness (QED) is 0.496. The monoisotopic (exact) mass is 367 g/mol. The van der Waals surface area contributed by atoms with Crippen molar-refractivity contribution in [3.05, 3.63) is 29.9 Å². The summed E-state index contributed by atoms with van der Waals surface area (Å²) in [6.07, 6.45) is 9.89. The highest BCUT2D eigenvalue weighted by Gasteiger charge is 2.09. The van der Waals surface area contributed by atoms with E-state index in [0.717, 1.165) is 43.4 Å². The fraction of sp³-hybridized carbons (Fsp3) is 0.650. The van der Waals surface area contributed by atoms with Gasteiger partial charge in [0.05, 0.1) is 11.0 Å². The maximum Gasteiger partial charge on any atom is 0.204 e. The van der Waals surface area contributed by atoms with Gasteiger partial charge in [0.25, 0.3) is 0 Å². The van der Waals surface area contributed by atoms with Crippen LogP contribution in [0.3, 0.4) is 0 Å². The molecule has 0 spiro atoms. The van der Waals surface area contributed by atoms with Crippen LogP contribution in [0.15, 0.2) is 24.3 Å². The van der Waals surface area contributed by atoms with Gasteiger partial charge in [-0.05, 0) is 25.0 Å². The molecule has 0 saturated carbocycles.